The van der Waals surface area contributed by atoms with Crippen LogP contribution >= 0.6 is 11.3 Å². The largest absolute Gasteiger partial charge is 0.310 e. The molecule has 230 valence electrons. The molecule has 0 aliphatic carbocycles. The zero-order valence-corrected chi connectivity index (χ0v) is 27.4. The Bertz CT molecular complexity index is 2820. The van der Waals surface area contributed by atoms with Crippen molar-refractivity contribution in [3.8, 4) is 16.8 Å². The molecule has 49 heavy (non-hydrogen) atoms. The summed E-state index contributed by atoms with van der Waals surface area (Å²) in [6.45, 7) is 0. The summed E-state index contributed by atoms with van der Waals surface area (Å²) in [6.07, 6.45) is 0. The van der Waals surface area contributed by atoms with Crippen LogP contribution in [0, 0.1) is 0 Å². The smallest absolute Gasteiger partial charge is 0.0547 e. The normalized spacial score (nSPS) is 11.7. The Balaban J connectivity index is 1.12. The van der Waals surface area contributed by atoms with Gasteiger partial charge in [0.2, 0.25) is 0 Å². The fourth-order valence-electron chi connectivity index (χ4n) is 7.49. The summed E-state index contributed by atoms with van der Waals surface area (Å²) in [4.78, 5) is 2.41. The van der Waals surface area contributed by atoms with Crippen molar-refractivity contribution in [1.82, 2.24) is 4.57 Å². The van der Waals surface area contributed by atoms with Crippen LogP contribution in [0.15, 0.2) is 182 Å². The third-order valence-electron chi connectivity index (χ3n) is 9.78. The lowest BCUT2D eigenvalue weighted by Crippen LogP contribution is -2.10. The molecule has 3 heteroatoms. The van der Waals surface area contributed by atoms with Crippen LogP contribution in [-0.2, 0) is 0 Å². The van der Waals surface area contributed by atoms with Crippen LogP contribution in [0.2, 0.25) is 0 Å². The maximum absolute atomic E-state index is 2.41. The molecule has 0 radical (unpaired) electrons. The third-order valence-corrected chi connectivity index (χ3v) is 10.9. The van der Waals surface area contributed by atoms with Crippen LogP contribution in [0.5, 0.6) is 0 Å². The van der Waals surface area contributed by atoms with Gasteiger partial charge >= 0.3 is 0 Å². The first-order valence-electron chi connectivity index (χ1n) is 16.7. The van der Waals surface area contributed by atoms with Gasteiger partial charge in [0.25, 0.3) is 0 Å². The van der Waals surface area contributed by atoms with E-state index in [9.17, 15) is 0 Å². The van der Waals surface area contributed by atoms with E-state index in [2.05, 4.69) is 191 Å². The van der Waals surface area contributed by atoms with Crippen molar-refractivity contribution < 1.29 is 0 Å². The minimum Gasteiger partial charge on any atom is -0.310 e. The quantitative estimate of drug-likeness (QED) is 0.181. The van der Waals surface area contributed by atoms with E-state index in [0.29, 0.717) is 0 Å². The Morgan fingerprint density at radius 2 is 1.02 bits per heavy atom. The molecular weight excluding hydrogens is 613 g/mol. The Hall–Kier alpha value is -6.16. The highest BCUT2D eigenvalue weighted by atomic mass is 32.1. The van der Waals surface area contributed by atoms with E-state index in [1.54, 1.807) is 0 Å². The monoisotopic (exact) mass is 642 g/mol. The molecule has 10 aromatic rings. The molecule has 0 unspecified atom stereocenters. The second kappa shape index (κ2) is 11.2. The van der Waals surface area contributed by atoms with Gasteiger partial charge in [-0.15, -0.1) is 11.3 Å². The number of thiophene rings is 1. The van der Waals surface area contributed by atoms with Gasteiger partial charge in [0.1, 0.15) is 0 Å². The number of rotatable bonds is 5. The number of anilines is 3. The molecule has 0 fully saturated rings. The second-order valence-electron chi connectivity index (χ2n) is 12.6. The lowest BCUT2D eigenvalue weighted by molar-refractivity contribution is 1.18. The molecule has 0 bridgehead atoms. The first-order chi connectivity index (χ1) is 24.3. The molecule has 2 nitrogen and oxygen atoms in total. The predicted molar refractivity (Wildman–Crippen MR) is 211 cm³/mol. The zero-order chi connectivity index (χ0) is 32.3. The van der Waals surface area contributed by atoms with Crippen molar-refractivity contribution >= 4 is 81.1 Å². The van der Waals surface area contributed by atoms with Gasteiger partial charge < -0.3 is 9.47 Å². The summed E-state index contributed by atoms with van der Waals surface area (Å²) < 4.78 is 5.00. The highest BCUT2D eigenvalue weighted by Gasteiger charge is 2.18. The fraction of sp³-hybridized carbons (Fsp3) is 0. The van der Waals surface area contributed by atoms with Gasteiger partial charge in [-0.1, -0.05) is 121 Å². The number of para-hydroxylation sites is 2. The zero-order valence-electron chi connectivity index (χ0n) is 26.6. The maximum atomic E-state index is 2.41. The van der Waals surface area contributed by atoms with Crippen LogP contribution in [-0.4, -0.2) is 4.57 Å². The van der Waals surface area contributed by atoms with Crippen LogP contribution in [0.3, 0.4) is 0 Å². The van der Waals surface area contributed by atoms with Crippen molar-refractivity contribution in [2.75, 3.05) is 4.90 Å². The van der Waals surface area contributed by atoms with E-state index in [1.807, 2.05) is 11.3 Å². The Labute approximate surface area is 288 Å². The van der Waals surface area contributed by atoms with Gasteiger partial charge in [-0.2, -0.15) is 0 Å². The van der Waals surface area contributed by atoms with E-state index in [1.165, 1.54) is 75.3 Å². The number of hydrogen-bond donors (Lipinski definition) is 0. The Morgan fingerprint density at radius 1 is 0.388 bits per heavy atom. The maximum Gasteiger partial charge on any atom is 0.0547 e. The van der Waals surface area contributed by atoms with Gasteiger partial charge in [-0.3, -0.25) is 0 Å². The summed E-state index contributed by atoms with van der Waals surface area (Å²) in [5, 5.41) is 7.61. The molecule has 8 aromatic carbocycles. The summed E-state index contributed by atoms with van der Waals surface area (Å²) in [5.41, 5.74) is 9.43. The van der Waals surface area contributed by atoms with Crippen molar-refractivity contribution in [2.45, 2.75) is 0 Å². The molecule has 10 rings (SSSR count). The molecule has 0 N–H and O–H groups in total. The molecule has 0 aliphatic rings. The van der Waals surface area contributed by atoms with Gasteiger partial charge in [-0.05, 0) is 77.2 Å². The van der Waals surface area contributed by atoms with Gasteiger partial charge in [0.15, 0.2) is 0 Å². The molecule has 0 aliphatic heterocycles. The molecular formula is C46H30N2S. The summed E-state index contributed by atoms with van der Waals surface area (Å²) in [5.74, 6) is 0. The van der Waals surface area contributed by atoms with Crippen LogP contribution < -0.4 is 4.90 Å². The van der Waals surface area contributed by atoms with Crippen LogP contribution in [0.4, 0.5) is 17.1 Å². The highest BCUT2D eigenvalue weighted by molar-refractivity contribution is 7.25. The van der Waals surface area contributed by atoms with Gasteiger partial charge in [0, 0.05) is 53.4 Å². The van der Waals surface area contributed by atoms with Crippen molar-refractivity contribution in [3.63, 3.8) is 0 Å². The lowest BCUT2D eigenvalue weighted by atomic mass is 10.0. The van der Waals surface area contributed by atoms with E-state index < -0.39 is 0 Å². The number of nitrogens with zero attached hydrogens (tertiary/aromatic N) is 2. The highest BCUT2D eigenvalue weighted by Crippen LogP contribution is 2.43. The fourth-order valence-corrected chi connectivity index (χ4v) is 8.63. The third kappa shape index (κ3) is 4.55. The molecule has 0 saturated carbocycles. The summed E-state index contributed by atoms with van der Waals surface area (Å²) in [6, 6.07) is 66.2. The van der Waals surface area contributed by atoms with E-state index >= 15 is 0 Å². The Morgan fingerprint density at radius 3 is 1.90 bits per heavy atom. The number of fused-ring (bicyclic) bond motifs is 7. The number of aromatic nitrogens is 1. The lowest BCUT2D eigenvalue weighted by Gasteiger charge is -2.27. The molecule has 0 spiro atoms. The predicted octanol–water partition coefficient (Wildman–Crippen LogP) is 13.4. The molecule has 0 amide bonds. The summed E-state index contributed by atoms with van der Waals surface area (Å²) in [7, 11) is 0. The minimum atomic E-state index is 1.13. The molecule has 0 saturated heterocycles. The van der Waals surface area contributed by atoms with Crippen LogP contribution in [0.1, 0.15) is 0 Å². The van der Waals surface area contributed by atoms with Crippen molar-refractivity contribution in [2.24, 2.45) is 0 Å². The molecule has 2 heterocycles. The first kappa shape index (κ1) is 27.9. The number of benzene rings is 8. The molecule has 0 atom stereocenters. The standard InChI is InChI=1S/C46H30N2S/c1-2-13-34(14-3-1)48-43-18-8-6-16-38(43)39-27-23-33(29-44(39)48)31-21-24-35(25-22-31)47(42-19-10-12-32-11-4-5-15-37(32)42)36-26-28-41-40-17-7-9-20-45(40)49-46(41)30-36/h1-30H. The van der Waals surface area contributed by atoms with E-state index in [-0.39, 0.29) is 0 Å². The average molecular weight is 643 g/mol. The number of hydrogen-bond acceptors (Lipinski definition) is 2. The second-order valence-corrected chi connectivity index (χ2v) is 13.7. The van der Waals surface area contributed by atoms with Crippen LogP contribution in [0.25, 0.3) is 69.6 Å². The van der Waals surface area contributed by atoms with Crippen molar-refractivity contribution in [1.29, 1.82) is 0 Å². The first-order valence-corrected chi connectivity index (χ1v) is 17.5. The topological polar surface area (TPSA) is 8.17 Å². The summed E-state index contributed by atoms with van der Waals surface area (Å²) >= 11 is 1.86. The average Bonchev–Trinajstić information content (AvgIpc) is 3.71. The van der Waals surface area contributed by atoms with E-state index in [4.69, 9.17) is 0 Å². The molecule has 2 aromatic heterocycles. The van der Waals surface area contributed by atoms with Gasteiger partial charge in [-0.25, -0.2) is 0 Å². The van der Waals surface area contributed by atoms with Gasteiger partial charge in [0.05, 0.1) is 16.7 Å². The Kier molecular flexibility index (Phi) is 6.39. The SMILES string of the molecule is c1ccc(-n2c3ccccc3c3ccc(-c4ccc(N(c5ccc6c(c5)sc5ccccc56)c5cccc6ccccc56)cc4)cc32)cc1. The van der Waals surface area contributed by atoms with Crippen molar-refractivity contribution in [3.05, 3.63) is 182 Å². The minimum absolute atomic E-state index is 1.13. The van der Waals surface area contributed by atoms with E-state index in [0.717, 1.165) is 11.4 Å².